The number of carbonyl (C=O) groups excluding carboxylic acids is 1. The average Bonchev–Trinajstić information content (AvgIpc) is 2.89. The highest BCUT2D eigenvalue weighted by Gasteiger charge is 2.18. The summed E-state index contributed by atoms with van der Waals surface area (Å²) in [6.07, 6.45) is 8.33. The largest absolute Gasteiger partial charge is 0.465 e. The van der Waals surface area contributed by atoms with Crippen molar-refractivity contribution < 1.29 is 14.3 Å². The van der Waals surface area contributed by atoms with Gasteiger partial charge >= 0.3 is 5.97 Å². The van der Waals surface area contributed by atoms with Crippen LogP contribution in [0.4, 0.5) is 0 Å². The zero-order valence-electron chi connectivity index (χ0n) is 11.5. The molecule has 1 saturated heterocycles. The molecule has 5 heteroatoms. The van der Waals surface area contributed by atoms with Gasteiger partial charge in [-0.05, 0) is 31.4 Å². The van der Waals surface area contributed by atoms with Crippen molar-refractivity contribution in [2.24, 2.45) is 0 Å². The Morgan fingerprint density at radius 2 is 2.45 bits per heavy atom. The fraction of sp³-hybridized carbons (Fsp3) is 0.467. The number of imidazole rings is 1. The molecule has 0 N–H and O–H groups in total. The smallest absolute Gasteiger partial charge is 0.341 e. The number of esters is 1. The first kappa shape index (κ1) is 13.1. The maximum Gasteiger partial charge on any atom is 0.341 e. The Morgan fingerprint density at radius 1 is 1.55 bits per heavy atom. The lowest BCUT2D eigenvalue weighted by atomic mass is 10.1. The second-order valence-electron chi connectivity index (χ2n) is 5.07. The maximum absolute atomic E-state index is 11.7. The average molecular weight is 274 g/mol. The molecular formula is C15H18N2O3. The monoisotopic (exact) mass is 274 g/mol. The Morgan fingerprint density at radius 3 is 3.20 bits per heavy atom. The van der Waals surface area contributed by atoms with Gasteiger partial charge in [-0.3, -0.25) is 0 Å². The van der Waals surface area contributed by atoms with Crippen LogP contribution in [0.2, 0.25) is 0 Å². The van der Waals surface area contributed by atoms with Crippen LogP contribution in [0.5, 0.6) is 0 Å². The van der Waals surface area contributed by atoms with Gasteiger partial charge in [0.25, 0.3) is 0 Å². The first-order valence-electron chi connectivity index (χ1n) is 6.94. The Hall–Kier alpha value is -1.88. The highest BCUT2D eigenvalue weighted by Crippen LogP contribution is 2.18. The molecule has 0 spiro atoms. The molecule has 0 aliphatic carbocycles. The fourth-order valence-corrected chi connectivity index (χ4v) is 2.63. The van der Waals surface area contributed by atoms with Gasteiger partial charge in [0.05, 0.1) is 18.9 Å². The zero-order valence-corrected chi connectivity index (χ0v) is 11.5. The summed E-state index contributed by atoms with van der Waals surface area (Å²) in [5, 5.41) is 0. The second-order valence-corrected chi connectivity index (χ2v) is 5.07. The summed E-state index contributed by atoms with van der Waals surface area (Å²) in [6, 6.07) is 3.55. The molecule has 106 valence electrons. The lowest BCUT2D eigenvalue weighted by Gasteiger charge is -2.21. The number of rotatable bonds is 3. The molecule has 1 aliphatic rings. The van der Waals surface area contributed by atoms with Crippen molar-refractivity contribution in [1.82, 2.24) is 9.38 Å². The van der Waals surface area contributed by atoms with Gasteiger partial charge in [0.1, 0.15) is 5.56 Å². The number of pyridine rings is 1. The number of ether oxygens (including phenoxy) is 2. The normalized spacial score (nSPS) is 19.1. The topological polar surface area (TPSA) is 52.8 Å². The number of methoxy groups -OCH3 is 1. The third-order valence-electron chi connectivity index (χ3n) is 3.65. The van der Waals surface area contributed by atoms with Crippen molar-refractivity contribution in [3.8, 4) is 0 Å². The summed E-state index contributed by atoms with van der Waals surface area (Å²) in [6.45, 7) is 0.839. The minimum atomic E-state index is -0.360. The van der Waals surface area contributed by atoms with Crippen LogP contribution >= 0.6 is 0 Å². The van der Waals surface area contributed by atoms with Crippen LogP contribution in [0.1, 0.15) is 35.3 Å². The maximum atomic E-state index is 11.7. The Balaban J connectivity index is 1.88. The highest BCUT2D eigenvalue weighted by atomic mass is 16.5. The lowest BCUT2D eigenvalue weighted by molar-refractivity contribution is 0.0163. The van der Waals surface area contributed by atoms with Crippen LogP contribution in [-0.4, -0.2) is 35.2 Å². The number of hydrogen-bond donors (Lipinski definition) is 0. The van der Waals surface area contributed by atoms with E-state index in [2.05, 4.69) is 4.98 Å². The van der Waals surface area contributed by atoms with E-state index in [1.165, 1.54) is 13.5 Å². The Labute approximate surface area is 117 Å². The third kappa shape index (κ3) is 2.54. The van der Waals surface area contributed by atoms with Crippen molar-refractivity contribution in [3.05, 3.63) is 35.8 Å². The molecule has 0 bridgehead atoms. The Bertz CT molecular complexity index is 615. The molecule has 3 heterocycles. The van der Waals surface area contributed by atoms with Crippen molar-refractivity contribution >= 4 is 11.6 Å². The minimum Gasteiger partial charge on any atom is -0.465 e. The van der Waals surface area contributed by atoms with E-state index in [0.29, 0.717) is 11.2 Å². The van der Waals surface area contributed by atoms with E-state index in [4.69, 9.17) is 9.47 Å². The predicted molar refractivity (Wildman–Crippen MR) is 73.8 cm³/mol. The quantitative estimate of drug-likeness (QED) is 0.805. The molecule has 2 aromatic rings. The molecule has 5 nitrogen and oxygen atoms in total. The van der Waals surface area contributed by atoms with E-state index in [-0.39, 0.29) is 12.1 Å². The van der Waals surface area contributed by atoms with Gasteiger partial charge in [0.2, 0.25) is 0 Å². The summed E-state index contributed by atoms with van der Waals surface area (Å²) >= 11 is 0. The van der Waals surface area contributed by atoms with E-state index in [0.717, 1.165) is 31.6 Å². The van der Waals surface area contributed by atoms with E-state index in [1.54, 1.807) is 6.07 Å². The second kappa shape index (κ2) is 5.63. The molecule has 3 rings (SSSR count). The lowest BCUT2D eigenvalue weighted by Crippen LogP contribution is -2.21. The summed E-state index contributed by atoms with van der Waals surface area (Å²) in [5.41, 5.74) is 2.09. The van der Waals surface area contributed by atoms with E-state index >= 15 is 0 Å². The molecule has 0 saturated carbocycles. The first-order chi connectivity index (χ1) is 9.78. The van der Waals surface area contributed by atoms with Crippen molar-refractivity contribution in [1.29, 1.82) is 0 Å². The van der Waals surface area contributed by atoms with Gasteiger partial charge in [-0.25, -0.2) is 9.78 Å². The Kier molecular flexibility index (Phi) is 3.69. The molecule has 20 heavy (non-hydrogen) atoms. The van der Waals surface area contributed by atoms with Crippen LogP contribution < -0.4 is 0 Å². The first-order valence-corrected chi connectivity index (χ1v) is 6.94. The molecule has 0 amide bonds. The van der Waals surface area contributed by atoms with Crippen LogP contribution in [-0.2, 0) is 15.9 Å². The summed E-state index contributed by atoms with van der Waals surface area (Å²) in [4.78, 5) is 16.3. The van der Waals surface area contributed by atoms with Crippen LogP contribution in [0.15, 0.2) is 24.5 Å². The van der Waals surface area contributed by atoms with Gasteiger partial charge in [-0.2, -0.15) is 0 Å². The van der Waals surface area contributed by atoms with Crippen molar-refractivity contribution in [2.75, 3.05) is 13.7 Å². The van der Waals surface area contributed by atoms with Gasteiger partial charge in [0, 0.05) is 25.4 Å². The number of nitrogens with zero attached hydrogens (tertiary/aromatic N) is 2. The summed E-state index contributed by atoms with van der Waals surface area (Å²) in [5.74, 6) is -0.360. The number of fused-ring (bicyclic) bond motifs is 1. The van der Waals surface area contributed by atoms with E-state index in [9.17, 15) is 4.79 Å². The van der Waals surface area contributed by atoms with Crippen molar-refractivity contribution in [2.45, 2.75) is 31.8 Å². The van der Waals surface area contributed by atoms with Crippen LogP contribution in [0.3, 0.4) is 0 Å². The predicted octanol–water partition coefficient (Wildman–Crippen LogP) is 2.23. The molecule has 1 aliphatic heterocycles. The van der Waals surface area contributed by atoms with Gasteiger partial charge in [-0.1, -0.05) is 0 Å². The molecule has 1 unspecified atom stereocenters. The molecule has 1 fully saturated rings. The standard InChI is InChI=1S/C15H18N2O3/c1-19-15(18)13-6-4-7-17-10-11(16-14(13)17)9-12-5-2-3-8-20-12/h4,6-7,10,12H,2-3,5,8-9H2,1H3. The number of aromatic nitrogens is 2. The van der Waals surface area contributed by atoms with Gasteiger partial charge < -0.3 is 13.9 Å². The highest BCUT2D eigenvalue weighted by molar-refractivity contribution is 5.95. The summed E-state index contributed by atoms with van der Waals surface area (Å²) < 4.78 is 12.4. The third-order valence-corrected chi connectivity index (χ3v) is 3.65. The zero-order chi connectivity index (χ0) is 13.9. The molecule has 1 atom stereocenters. The van der Waals surface area contributed by atoms with Crippen LogP contribution in [0.25, 0.3) is 5.65 Å². The molecular weight excluding hydrogens is 256 g/mol. The van der Waals surface area contributed by atoms with E-state index in [1.807, 2.05) is 22.9 Å². The minimum absolute atomic E-state index is 0.246. The van der Waals surface area contributed by atoms with Crippen LogP contribution in [0, 0.1) is 0 Å². The van der Waals surface area contributed by atoms with Crippen molar-refractivity contribution in [3.63, 3.8) is 0 Å². The number of hydrogen-bond acceptors (Lipinski definition) is 4. The summed E-state index contributed by atoms with van der Waals surface area (Å²) in [7, 11) is 1.38. The molecule has 0 aromatic carbocycles. The number of carbonyl (C=O) groups is 1. The fourth-order valence-electron chi connectivity index (χ4n) is 2.63. The van der Waals surface area contributed by atoms with E-state index < -0.39 is 0 Å². The molecule has 0 radical (unpaired) electrons. The van der Waals surface area contributed by atoms with Gasteiger partial charge in [0.15, 0.2) is 5.65 Å². The SMILES string of the molecule is COC(=O)c1cccn2cc(CC3CCCCO3)nc12. The molecule has 2 aromatic heterocycles. The van der Waals surface area contributed by atoms with Gasteiger partial charge in [-0.15, -0.1) is 0 Å².